The smallest absolute Gasteiger partial charge is 0.161 e. The molecule has 0 amide bonds. The molecule has 0 aliphatic heterocycles. The Bertz CT molecular complexity index is 1550. The molecule has 0 saturated carbocycles. The number of methoxy groups -OCH3 is 2. The third-order valence-electron chi connectivity index (χ3n) is 6.81. The molecule has 6 N–H and O–H groups in total. The molecular weight excluding hydrogens is 488 g/mol. The predicted molar refractivity (Wildman–Crippen MR) is 141 cm³/mol. The lowest BCUT2D eigenvalue weighted by atomic mass is 9.79. The highest BCUT2D eigenvalue weighted by Crippen LogP contribution is 2.59. The Balaban J connectivity index is 1.84. The summed E-state index contributed by atoms with van der Waals surface area (Å²) in [5.41, 5.74) is 3.63. The van der Waals surface area contributed by atoms with Crippen molar-refractivity contribution in [3.8, 4) is 46.0 Å². The monoisotopic (exact) mass is 514 g/mol. The van der Waals surface area contributed by atoms with Crippen molar-refractivity contribution in [2.24, 2.45) is 0 Å². The standard InChI is InChI=1S/C30H26O8/c1-37-26-8-15(3-5-23(26)34)7-21-22-13-20(33)14-25(36)30(22)29(16-4-6-24(35)27(11-16)38-2)28(21)17-9-18(31)12-19(32)10-17/h3-14,28-29,31-36H,1-2H3/b21-7-/t28-,29+/m1/s1. The molecule has 0 heterocycles. The summed E-state index contributed by atoms with van der Waals surface area (Å²) in [7, 11) is 2.88. The van der Waals surface area contributed by atoms with E-state index in [1.807, 2.05) is 6.08 Å². The number of fused-ring (bicyclic) bond motifs is 1. The summed E-state index contributed by atoms with van der Waals surface area (Å²) < 4.78 is 10.6. The van der Waals surface area contributed by atoms with Crippen molar-refractivity contribution in [1.29, 1.82) is 0 Å². The average Bonchev–Trinajstić information content (AvgIpc) is 3.19. The van der Waals surface area contributed by atoms with Gasteiger partial charge in [0.2, 0.25) is 0 Å². The van der Waals surface area contributed by atoms with Crippen LogP contribution in [0, 0.1) is 0 Å². The summed E-state index contributed by atoms with van der Waals surface area (Å²) in [6.45, 7) is 0. The maximum absolute atomic E-state index is 11.1. The molecule has 0 saturated heterocycles. The minimum Gasteiger partial charge on any atom is -0.508 e. The van der Waals surface area contributed by atoms with Gasteiger partial charge >= 0.3 is 0 Å². The summed E-state index contributed by atoms with van der Waals surface area (Å²) in [6, 6.07) is 16.8. The fourth-order valence-electron chi connectivity index (χ4n) is 5.25. The quantitative estimate of drug-likeness (QED) is 0.208. The van der Waals surface area contributed by atoms with Gasteiger partial charge in [0.25, 0.3) is 0 Å². The van der Waals surface area contributed by atoms with E-state index in [1.54, 1.807) is 30.3 Å². The van der Waals surface area contributed by atoms with Gasteiger partial charge in [0.05, 0.1) is 14.2 Å². The highest BCUT2D eigenvalue weighted by Gasteiger charge is 2.41. The molecule has 0 bridgehead atoms. The molecule has 0 radical (unpaired) electrons. The molecule has 0 spiro atoms. The van der Waals surface area contributed by atoms with Crippen molar-refractivity contribution in [2.75, 3.05) is 14.2 Å². The van der Waals surface area contributed by atoms with E-state index in [0.29, 0.717) is 33.4 Å². The normalized spacial score (nSPS) is 17.4. The van der Waals surface area contributed by atoms with Crippen molar-refractivity contribution >= 4 is 11.6 Å². The summed E-state index contributed by atoms with van der Waals surface area (Å²) >= 11 is 0. The summed E-state index contributed by atoms with van der Waals surface area (Å²) in [5.74, 6) is -1.27. The van der Waals surface area contributed by atoms with Crippen LogP contribution in [0.1, 0.15) is 39.7 Å². The number of allylic oxidation sites excluding steroid dienone is 1. The molecule has 38 heavy (non-hydrogen) atoms. The van der Waals surface area contributed by atoms with Gasteiger partial charge < -0.3 is 40.1 Å². The topological polar surface area (TPSA) is 140 Å². The first kappa shape index (κ1) is 24.7. The van der Waals surface area contributed by atoms with Crippen LogP contribution in [-0.2, 0) is 0 Å². The third kappa shape index (κ3) is 4.26. The summed E-state index contributed by atoms with van der Waals surface area (Å²) in [6.07, 6.45) is 1.84. The van der Waals surface area contributed by atoms with Gasteiger partial charge in [-0.3, -0.25) is 0 Å². The van der Waals surface area contributed by atoms with Crippen LogP contribution in [-0.4, -0.2) is 44.9 Å². The summed E-state index contributed by atoms with van der Waals surface area (Å²) in [5, 5.41) is 62.5. The predicted octanol–water partition coefficient (Wildman–Crippen LogP) is 5.41. The van der Waals surface area contributed by atoms with Gasteiger partial charge in [-0.1, -0.05) is 18.2 Å². The molecule has 8 heteroatoms. The van der Waals surface area contributed by atoms with Crippen molar-refractivity contribution in [3.05, 3.63) is 94.5 Å². The van der Waals surface area contributed by atoms with Gasteiger partial charge in [-0.05, 0) is 70.3 Å². The minimum absolute atomic E-state index is 0.0275. The zero-order valence-corrected chi connectivity index (χ0v) is 20.6. The van der Waals surface area contributed by atoms with Gasteiger partial charge in [0.15, 0.2) is 23.0 Å². The summed E-state index contributed by atoms with van der Waals surface area (Å²) in [4.78, 5) is 0. The van der Waals surface area contributed by atoms with Crippen LogP contribution in [0.15, 0.2) is 66.7 Å². The highest BCUT2D eigenvalue weighted by molar-refractivity contribution is 5.93. The van der Waals surface area contributed by atoms with Crippen molar-refractivity contribution < 1.29 is 40.1 Å². The number of phenols is 6. The molecule has 5 rings (SSSR count). The van der Waals surface area contributed by atoms with E-state index in [1.165, 1.54) is 50.6 Å². The Hall–Kier alpha value is -4.98. The lowest BCUT2D eigenvalue weighted by Gasteiger charge is -2.24. The number of rotatable bonds is 5. The van der Waals surface area contributed by atoms with E-state index in [2.05, 4.69) is 0 Å². The molecule has 0 aromatic heterocycles. The molecule has 4 aromatic rings. The second kappa shape index (κ2) is 9.48. The van der Waals surface area contributed by atoms with Crippen LogP contribution < -0.4 is 9.47 Å². The molecule has 1 aliphatic carbocycles. The Kier molecular flexibility index (Phi) is 6.16. The Morgan fingerprint density at radius 1 is 0.579 bits per heavy atom. The van der Waals surface area contributed by atoms with Crippen LogP contribution in [0.5, 0.6) is 46.0 Å². The van der Waals surface area contributed by atoms with Crippen LogP contribution in [0.2, 0.25) is 0 Å². The lowest BCUT2D eigenvalue weighted by molar-refractivity contribution is 0.372. The molecule has 194 valence electrons. The second-order valence-electron chi connectivity index (χ2n) is 9.13. The van der Waals surface area contributed by atoms with Crippen molar-refractivity contribution in [2.45, 2.75) is 11.8 Å². The van der Waals surface area contributed by atoms with Gasteiger partial charge in [-0.25, -0.2) is 0 Å². The Morgan fingerprint density at radius 2 is 1.18 bits per heavy atom. The molecular formula is C30H26O8. The van der Waals surface area contributed by atoms with E-state index < -0.39 is 11.8 Å². The van der Waals surface area contributed by atoms with Crippen molar-refractivity contribution in [1.82, 2.24) is 0 Å². The molecule has 1 aliphatic rings. The van der Waals surface area contributed by atoms with Gasteiger partial charge in [-0.2, -0.15) is 0 Å². The van der Waals surface area contributed by atoms with Crippen LogP contribution >= 0.6 is 0 Å². The third-order valence-corrected chi connectivity index (χ3v) is 6.81. The van der Waals surface area contributed by atoms with E-state index >= 15 is 0 Å². The fraction of sp³-hybridized carbons (Fsp3) is 0.133. The maximum atomic E-state index is 11.1. The molecule has 8 nitrogen and oxygen atoms in total. The Morgan fingerprint density at radius 3 is 1.84 bits per heavy atom. The van der Waals surface area contributed by atoms with Crippen LogP contribution in [0.3, 0.4) is 0 Å². The number of aromatic hydroxyl groups is 6. The number of hydrogen-bond acceptors (Lipinski definition) is 8. The first-order chi connectivity index (χ1) is 18.2. The van der Waals surface area contributed by atoms with E-state index in [-0.39, 0.29) is 46.0 Å². The maximum Gasteiger partial charge on any atom is 0.161 e. The SMILES string of the molecule is COc1cc(/C=C2/c3cc(O)cc(O)c3[C@@H](c3ccc(O)c(OC)c3)[C@@H]2c2cc(O)cc(O)c2)ccc1O. The molecule has 0 unspecified atom stereocenters. The average molecular weight is 515 g/mol. The zero-order valence-electron chi connectivity index (χ0n) is 20.6. The lowest BCUT2D eigenvalue weighted by Crippen LogP contribution is -2.08. The number of phenolic OH excluding ortho intramolecular Hbond substituents is 6. The van der Waals surface area contributed by atoms with Crippen molar-refractivity contribution in [3.63, 3.8) is 0 Å². The number of hydrogen-bond donors (Lipinski definition) is 6. The second-order valence-corrected chi connectivity index (χ2v) is 9.13. The molecule has 2 atom stereocenters. The first-order valence-corrected chi connectivity index (χ1v) is 11.7. The molecule has 4 aromatic carbocycles. The first-order valence-electron chi connectivity index (χ1n) is 11.7. The van der Waals surface area contributed by atoms with Gasteiger partial charge in [0.1, 0.15) is 23.0 Å². The van der Waals surface area contributed by atoms with Crippen LogP contribution in [0.25, 0.3) is 11.6 Å². The molecule has 0 fully saturated rings. The van der Waals surface area contributed by atoms with E-state index in [4.69, 9.17) is 9.47 Å². The van der Waals surface area contributed by atoms with Crippen LogP contribution in [0.4, 0.5) is 0 Å². The number of benzene rings is 4. The fourth-order valence-corrected chi connectivity index (χ4v) is 5.25. The largest absolute Gasteiger partial charge is 0.508 e. The van der Waals surface area contributed by atoms with Gasteiger partial charge in [-0.15, -0.1) is 0 Å². The van der Waals surface area contributed by atoms with E-state index in [9.17, 15) is 30.6 Å². The minimum atomic E-state index is -0.565. The Labute approximate surface area is 218 Å². The highest BCUT2D eigenvalue weighted by atomic mass is 16.5. The van der Waals surface area contributed by atoms with Gasteiger partial charge in [0, 0.05) is 29.5 Å². The zero-order chi connectivity index (χ0) is 27.1. The van der Waals surface area contributed by atoms with E-state index in [0.717, 1.165) is 0 Å². The number of ether oxygens (including phenoxy) is 2.